The molecule has 1 aromatic rings. The molecule has 1 aromatic carbocycles. The van der Waals surface area contributed by atoms with Crippen molar-refractivity contribution in [2.24, 2.45) is 4.99 Å². The fourth-order valence-corrected chi connectivity index (χ4v) is 2.29. The number of likely N-dealkylation sites (N-methyl/N-ethyl adjacent to an activating group) is 1. The molecule has 5 nitrogen and oxygen atoms in total. The van der Waals surface area contributed by atoms with Gasteiger partial charge in [0.1, 0.15) is 13.2 Å². The van der Waals surface area contributed by atoms with Crippen molar-refractivity contribution in [3.63, 3.8) is 0 Å². The maximum absolute atomic E-state index is 5.58. The third-order valence-corrected chi connectivity index (χ3v) is 3.36. The standard InChI is InChI=1S/C14H19N3O2.HI/c1-17-7-6-16-14(17)15-5-4-11-2-3-12-13(10-11)19-9-8-18-12;/h2-3,10H,4-9H2,1H3,(H,15,16);1H. The van der Waals surface area contributed by atoms with Gasteiger partial charge in [0.25, 0.3) is 0 Å². The SMILES string of the molecule is CN1CCN=C1NCCc1ccc2c(c1)OCCO2.I. The number of hydrogen-bond donors (Lipinski definition) is 1. The molecule has 0 unspecified atom stereocenters. The highest BCUT2D eigenvalue weighted by atomic mass is 127. The Hall–Kier alpha value is -1.18. The summed E-state index contributed by atoms with van der Waals surface area (Å²) in [5.41, 5.74) is 1.25. The van der Waals surface area contributed by atoms with Crippen LogP contribution in [0.15, 0.2) is 23.2 Å². The summed E-state index contributed by atoms with van der Waals surface area (Å²) in [6, 6.07) is 6.15. The van der Waals surface area contributed by atoms with E-state index in [0.29, 0.717) is 13.2 Å². The lowest BCUT2D eigenvalue weighted by Crippen LogP contribution is -2.36. The summed E-state index contributed by atoms with van der Waals surface area (Å²) < 4.78 is 11.1. The molecule has 6 heteroatoms. The molecule has 0 spiro atoms. The molecule has 0 atom stereocenters. The number of nitrogens with one attached hydrogen (secondary N) is 1. The van der Waals surface area contributed by atoms with Crippen LogP contribution in [0.2, 0.25) is 0 Å². The van der Waals surface area contributed by atoms with Crippen molar-refractivity contribution in [1.29, 1.82) is 0 Å². The molecular formula is C14H20IN3O2. The van der Waals surface area contributed by atoms with E-state index in [4.69, 9.17) is 9.47 Å². The molecule has 20 heavy (non-hydrogen) atoms. The molecule has 110 valence electrons. The van der Waals surface area contributed by atoms with Crippen LogP contribution >= 0.6 is 24.0 Å². The molecule has 3 rings (SSSR count). The summed E-state index contributed by atoms with van der Waals surface area (Å²) in [6.45, 7) is 4.05. The van der Waals surface area contributed by atoms with E-state index in [1.165, 1.54) is 5.56 Å². The molecular weight excluding hydrogens is 369 g/mol. The molecule has 2 aliphatic heterocycles. The Kier molecular flexibility index (Phi) is 5.33. The van der Waals surface area contributed by atoms with E-state index in [1.54, 1.807) is 0 Å². The molecule has 2 heterocycles. The Morgan fingerprint density at radius 3 is 2.80 bits per heavy atom. The van der Waals surface area contributed by atoms with Gasteiger partial charge in [-0.1, -0.05) is 6.07 Å². The number of nitrogens with zero attached hydrogens (tertiary/aromatic N) is 2. The normalized spacial score (nSPS) is 16.4. The highest BCUT2D eigenvalue weighted by molar-refractivity contribution is 14.0. The van der Waals surface area contributed by atoms with Gasteiger partial charge in [-0.2, -0.15) is 0 Å². The zero-order chi connectivity index (χ0) is 13.1. The third-order valence-electron chi connectivity index (χ3n) is 3.36. The number of halogens is 1. The average Bonchev–Trinajstić information content (AvgIpc) is 2.84. The first kappa shape index (κ1) is 15.2. The first-order chi connectivity index (χ1) is 9.33. The van der Waals surface area contributed by atoms with Crippen molar-refractivity contribution < 1.29 is 9.47 Å². The second kappa shape index (κ2) is 7.01. The Balaban J connectivity index is 0.00000147. The second-order valence-electron chi connectivity index (χ2n) is 4.78. The molecule has 0 aromatic heterocycles. The van der Waals surface area contributed by atoms with E-state index in [9.17, 15) is 0 Å². The van der Waals surface area contributed by atoms with Gasteiger partial charge >= 0.3 is 0 Å². The van der Waals surface area contributed by atoms with E-state index in [-0.39, 0.29) is 24.0 Å². The molecule has 0 fully saturated rings. The molecule has 0 amide bonds. The number of aliphatic imine (C=N–C) groups is 1. The Morgan fingerprint density at radius 2 is 2.05 bits per heavy atom. The van der Waals surface area contributed by atoms with E-state index >= 15 is 0 Å². The van der Waals surface area contributed by atoms with Crippen molar-refractivity contribution >= 4 is 29.9 Å². The van der Waals surface area contributed by atoms with E-state index in [0.717, 1.165) is 43.5 Å². The fraction of sp³-hybridized carbons (Fsp3) is 0.500. The summed E-state index contributed by atoms with van der Waals surface area (Å²) >= 11 is 0. The monoisotopic (exact) mass is 389 g/mol. The van der Waals surface area contributed by atoms with Crippen LogP contribution < -0.4 is 14.8 Å². The molecule has 0 radical (unpaired) electrons. The summed E-state index contributed by atoms with van der Waals surface area (Å²) in [5, 5.41) is 3.36. The van der Waals surface area contributed by atoms with Crippen LogP contribution in [0.1, 0.15) is 5.56 Å². The van der Waals surface area contributed by atoms with Crippen LogP contribution in [0, 0.1) is 0 Å². The molecule has 0 saturated carbocycles. The molecule has 2 aliphatic rings. The number of fused-ring (bicyclic) bond motifs is 1. The number of ether oxygens (including phenoxy) is 2. The molecule has 1 N–H and O–H groups in total. The predicted molar refractivity (Wildman–Crippen MR) is 89.5 cm³/mol. The first-order valence-electron chi connectivity index (χ1n) is 6.71. The van der Waals surface area contributed by atoms with Crippen LogP contribution in [0.4, 0.5) is 0 Å². The summed E-state index contributed by atoms with van der Waals surface area (Å²) in [4.78, 5) is 6.55. The van der Waals surface area contributed by atoms with Crippen molar-refractivity contribution in [2.75, 3.05) is 39.9 Å². The lowest BCUT2D eigenvalue weighted by Gasteiger charge is -2.19. The quantitative estimate of drug-likeness (QED) is 0.797. The lowest BCUT2D eigenvalue weighted by atomic mass is 10.1. The fourth-order valence-electron chi connectivity index (χ4n) is 2.29. The van der Waals surface area contributed by atoms with Crippen molar-refractivity contribution in [3.05, 3.63) is 23.8 Å². The van der Waals surface area contributed by atoms with Gasteiger partial charge in [-0.3, -0.25) is 4.99 Å². The number of rotatable bonds is 3. The van der Waals surface area contributed by atoms with Crippen LogP contribution in [0.25, 0.3) is 0 Å². The summed E-state index contributed by atoms with van der Waals surface area (Å²) in [7, 11) is 2.06. The lowest BCUT2D eigenvalue weighted by molar-refractivity contribution is 0.171. The van der Waals surface area contributed by atoms with Crippen molar-refractivity contribution in [3.8, 4) is 11.5 Å². The molecule has 0 bridgehead atoms. The van der Waals surface area contributed by atoms with E-state index in [1.807, 2.05) is 6.07 Å². The maximum atomic E-state index is 5.58. The maximum Gasteiger partial charge on any atom is 0.193 e. The van der Waals surface area contributed by atoms with Gasteiger partial charge in [-0.15, -0.1) is 24.0 Å². The smallest absolute Gasteiger partial charge is 0.193 e. The summed E-state index contributed by atoms with van der Waals surface area (Å²) in [5.74, 6) is 2.71. The molecule has 0 aliphatic carbocycles. The van der Waals surface area contributed by atoms with Gasteiger partial charge in [-0.25, -0.2) is 0 Å². The van der Waals surface area contributed by atoms with Crippen molar-refractivity contribution in [1.82, 2.24) is 10.2 Å². The van der Waals surface area contributed by atoms with Crippen LogP contribution in [0.3, 0.4) is 0 Å². The number of hydrogen-bond acceptors (Lipinski definition) is 5. The minimum absolute atomic E-state index is 0. The van der Waals surface area contributed by atoms with Gasteiger partial charge < -0.3 is 19.7 Å². The Labute approximate surface area is 136 Å². The minimum atomic E-state index is 0. The first-order valence-corrected chi connectivity index (χ1v) is 6.71. The van der Waals surface area contributed by atoms with Gasteiger partial charge in [0.15, 0.2) is 17.5 Å². The zero-order valence-corrected chi connectivity index (χ0v) is 13.9. The Bertz CT molecular complexity index is 493. The number of guanidine groups is 1. The van der Waals surface area contributed by atoms with Crippen LogP contribution in [-0.4, -0.2) is 50.8 Å². The summed E-state index contributed by atoms with van der Waals surface area (Å²) in [6.07, 6.45) is 0.948. The van der Waals surface area contributed by atoms with Gasteiger partial charge in [0.2, 0.25) is 0 Å². The van der Waals surface area contributed by atoms with Gasteiger partial charge in [0.05, 0.1) is 6.54 Å². The van der Waals surface area contributed by atoms with E-state index < -0.39 is 0 Å². The highest BCUT2D eigenvalue weighted by Gasteiger charge is 2.13. The largest absolute Gasteiger partial charge is 0.486 e. The number of benzene rings is 1. The highest BCUT2D eigenvalue weighted by Crippen LogP contribution is 2.30. The Morgan fingerprint density at radius 1 is 1.25 bits per heavy atom. The van der Waals surface area contributed by atoms with Gasteiger partial charge in [0, 0.05) is 20.1 Å². The third kappa shape index (κ3) is 3.47. The zero-order valence-electron chi connectivity index (χ0n) is 11.6. The van der Waals surface area contributed by atoms with Crippen molar-refractivity contribution in [2.45, 2.75) is 6.42 Å². The van der Waals surface area contributed by atoms with E-state index in [2.05, 4.69) is 34.4 Å². The van der Waals surface area contributed by atoms with Crippen LogP contribution in [-0.2, 0) is 6.42 Å². The molecule has 0 saturated heterocycles. The topological polar surface area (TPSA) is 46.1 Å². The second-order valence-corrected chi connectivity index (χ2v) is 4.78. The van der Waals surface area contributed by atoms with Gasteiger partial charge in [-0.05, 0) is 24.1 Å². The van der Waals surface area contributed by atoms with Crippen LogP contribution in [0.5, 0.6) is 11.5 Å². The minimum Gasteiger partial charge on any atom is -0.486 e. The average molecular weight is 389 g/mol. The predicted octanol–water partition coefficient (Wildman–Crippen LogP) is 1.51.